The molecule has 4 nitrogen and oxygen atoms in total. The third-order valence-corrected chi connectivity index (χ3v) is 5.90. The highest BCUT2D eigenvalue weighted by atomic mass is 16.5. The summed E-state index contributed by atoms with van der Waals surface area (Å²) in [6.07, 6.45) is 4.27. The molecule has 1 fully saturated rings. The normalized spacial score (nSPS) is 23.5. The van der Waals surface area contributed by atoms with Crippen molar-refractivity contribution in [3.05, 3.63) is 95.8 Å². The summed E-state index contributed by atoms with van der Waals surface area (Å²) in [5.41, 5.74) is 3.60. The van der Waals surface area contributed by atoms with Gasteiger partial charge < -0.3 is 14.2 Å². The van der Waals surface area contributed by atoms with Gasteiger partial charge in [0, 0.05) is 6.20 Å². The monoisotopic (exact) mass is 372 g/mol. The highest BCUT2D eigenvalue weighted by Gasteiger charge is 2.46. The number of hydrogen-bond donors (Lipinski definition) is 0. The van der Waals surface area contributed by atoms with E-state index in [9.17, 15) is 4.79 Å². The molecular weight excluding hydrogens is 348 g/mol. The first-order valence-electron chi connectivity index (χ1n) is 9.99. The van der Waals surface area contributed by atoms with Crippen LogP contribution in [0, 0.1) is 0 Å². The van der Waals surface area contributed by atoms with Gasteiger partial charge in [-0.3, -0.25) is 4.79 Å². The molecule has 2 aliphatic rings. The van der Waals surface area contributed by atoms with Crippen LogP contribution in [-0.4, -0.2) is 28.0 Å². The van der Waals surface area contributed by atoms with E-state index in [0.717, 1.165) is 25.0 Å². The summed E-state index contributed by atoms with van der Waals surface area (Å²) in [4.78, 5) is 15.5. The van der Waals surface area contributed by atoms with Crippen LogP contribution in [0.15, 0.2) is 79.0 Å². The topological polar surface area (TPSA) is 34.5 Å². The molecule has 1 aromatic heterocycles. The van der Waals surface area contributed by atoms with Crippen LogP contribution in [0.3, 0.4) is 0 Å². The zero-order chi connectivity index (χ0) is 18.9. The van der Waals surface area contributed by atoms with Crippen molar-refractivity contribution in [2.45, 2.75) is 37.6 Å². The van der Waals surface area contributed by atoms with E-state index < -0.39 is 0 Å². The molecule has 3 heterocycles. The molecular formula is C24H24N2O2. The van der Waals surface area contributed by atoms with Crippen molar-refractivity contribution in [3.63, 3.8) is 0 Å². The number of ether oxygens (including phenoxy) is 1. The van der Waals surface area contributed by atoms with Gasteiger partial charge in [0.2, 0.25) is 5.91 Å². The number of benzene rings is 2. The van der Waals surface area contributed by atoms with E-state index in [1.54, 1.807) is 0 Å². The summed E-state index contributed by atoms with van der Waals surface area (Å²) in [5.74, 6) is 0.183. The molecule has 0 radical (unpaired) electrons. The third kappa shape index (κ3) is 3.04. The lowest BCUT2D eigenvalue weighted by Gasteiger charge is -2.38. The van der Waals surface area contributed by atoms with Crippen LogP contribution < -0.4 is 0 Å². The largest absolute Gasteiger partial charge is 0.350 e. The number of carbonyl (C=O) groups is 1. The fourth-order valence-corrected chi connectivity index (χ4v) is 4.52. The van der Waals surface area contributed by atoms with Crippen molar-refractivity contribution < 1.29 is 9.53 Å². The Labute approximate surface area is 165 Å². The Hall–Kier alpha value is -2.85. The van der Waals surface area contributed by atoms with E-state index in [1.165, 1.54) is 11.1 Å². The maximum absolute atomic E-state index is 13.5. The molecule has 0 aliphatic carbocycles. The molecule has 0 bridgehead atoms. The second-order valence-electron chi connectivity index (χ2n) is 7.66. The SMILES string of the molecule is O=C1[C@H](CCc2ccccc2)n2cccc2C2OC[C@H](Cc3ccccc3)N12. The van der Waals surface area contributed by atoms with Crippen molar-refractivity contribution in [2.24, 2.45) is 0 Å². The number of aromatic nitrogens is 1. The fraction of sp³-hybridized carbons (Fsp3) is 0.292. The van der Waals surface area contributed by atoms with Gasteiger partial charge in [0.05, 0.1) is 18.3 Å². The Balaban J connectivity index is 1.40. The summed E-state index contributed by atoms with van der Waals surface area (Å²) in [6, 6.07) is 24.8. The summed E-state index contributed by atoms with van der Waals surface area (Å²) in [6.45, 7) is 0.585. The lowest BCUT2D eigenvalue weighted by molar-refractivity contribution is -0.146. The number of nitrogens with zero attached hydrogens (tertiary/aromatic N) is 2. The van der Waals surface area contributed by atoms with Gasteiger partial charge in [-0.15, -0.1) is 0 Å². The van der Waals surface area contributed by atoms with E-state index in [2.05, 4.69) is 59.2 Å². The summed E-state index contributed by atoms with van der Waals surface area (Å²) >= 11 is 0. The van der Waals surface area contributed by atoms with Crippen LogP contribution in [0.2, 0.25) is 0 Å². The molecule has 4 heteroatoms. The fourth-order valence-electron chi connectivity index (χ4n) is 4.52. The van der Waals surface area contributed by atoms with Crippen molar-refractivity contribution in [3.8, 4) is 0 Å². The maximum Gasteiger partial charge on any atom is 0.248 e. The molecule has 28 heavy (non-hydrogen) atoms. The predicted octanol–water partition coefficient (Wildman–Crippen LogP) is 4.14. The Kier molecular flexibility index (Phi) is 4.49. The molecule has 3 aromatic rings. The lowest BCUT2D eigenvalue weighted by atomic mass is 9.99. The first-order chi connectivity index (χ1) is 13.8. The molecule has 142 valence electrons. The number of amides is 1. The molecule has 1 amide bonds. The van der Waals surface area contributed by atoms with Gasteiger partial charge in [-0.1, -0.05) is 60.7 Å². The standard InChI is InChI=1S/C24H24N2O2/c27-23-21(14-13-18-8-3-1-4-9-18)25-15-7-12-22(25)24-26(23)20(17-28-24)16-19-10-5-2-6-11-19/h1-12,15,20-21,24H,13-14,16-17H2/t20-,21-,24?/m0/s1. The Morgan fingerprint density at radius 1 is 0.893 bits per heavy atom. The van der Waals surface area contributed by atoms with Crippen molar-refractivity contribution in [1.82, 2.24) is 9.47 Å². The molecule has 1 unspecified atom stereocenters. The highest BCUT2D eigenvalue weighted by molar-refractivity contribution is 5.82. The summed E-state index contributed by atoms with van der Waals surface area (Å²) < 4.78 is 8.21. The van der Waals surface area contributed by atoms with Gasteiger partial charge in [-0.2, -0.15) is 0 Å². The zero-order valence-electron chi connectivity index (χ0n) is 15.8. The average molecular weight is 372 g/mol. The van der Waals surface area contributed by atoms with E-state index in [-0.39, 0.29) is 24.2 Å². The second kappa shape index (κ2) is 7.28. The number of rotatable bonds is 5. The van der Waals surface area contributed by atoms with E-state index in [4.69, 9.17) is 4.74 Å². The summed E-state index contributed by atoms with van der Waals surface area (Å²) in [5, 5.41) is 0. The molecule has 0 saturated carbocycles. The minimum Gasteiger partial charge on any atom is -0.350 e. The van der Waals surface area contributed by atoms with Crippen LogP contribution in [-0.2, 0) is 22.4 Å². The first kappa shape index (κ1) is 17.3. The van der Waals surface area contributed by atoms with E-state index >= 15 is 0 Å². The number of aryl methyl sites for hydroxylation is 1. The van der Waals surface area contributed by atoms with Gasteiger partial charge in [-0.25, -0.2) is 0 Å². The number of hydrogen-bond acceptors (Lipinski definition) is 2. The van der Waals surface area contributed by atoms with Gasteiger partial charge in [0.1, 0.15) is 6.04 Å². The Morgan fingerprint density at radius 3 is 2.36 bits per heavy atom. The van der Waals surface area contributed by atoms with Crippen molar-refractivity contribution >= 4 is 5.91 Å². The predicted molar refractivity (Wildman–Crippen MR) is 108 cm³/mol. The molecule has 0 N–H and O–H groups in total. The summed E-state index contributed by atoms with van der Waals surface area (Å²) in [7, 11) is 0. The maximum atomic E-state index is 13.5. The molecule has 1 saturated heterocycles. The van der Waals surface area contributed by atoms with Gasteiger partial charge in [0.25, 0.3) is 0 Å². The van der Waals surface area contributed by atoms with Crippen molar-refractivity contribution in [2.75, 3.05) is 6.61 Å². The number of fused-ring (bicyclic) bond motifs is 3. The number of carbonyl (C=O) groups excluding carboxylic acids is 1. The van der Waals surface area contributed by atoms with Crippen molar-refractivity contribution in [1.29, 1.82) is 0 Å². The quantitative estimate of drug-likeness (QED) is 0.674. The Bertz CT molecular complexity index is 951. The molecule has 0 spiro atoms. The highest BCUT2D eigenvalue weighted by Crippen LogP contribution is 2.40. The van der Waals surface area contributed by atoms with Crippen LogP contribution >= 0.6 is 0 Å². The van der Waals surface area contributed by atoms with Gasteiger partial charge >= 0.3 is 0 Å². The van der Waals surface area contributed by atoms with Crippen LogP contribution in [0.4, 0.5) is 0 Å². The average Bonchev–Trinajstić information content (AvgIpc) is 3.37. The minimum absolute atomic E-state index is 0.0859. The molecule has 2 aromatic carbocycles. The van der Waals surface area contributed by atoms with E-state index in [1.807, 2.05) is 29.3 Å². The van der Waals surface area contributed by atoms with Crippen LogP contribution in [0.1, 0.15) is 35.5 Å². The smallest absolute Gasteiger partial charge is 0.248 e. The minimum atomic E-state index is -0.260. The molecule has 5 rings (SSSR count). The van der Waals surface area contributed by atoms with Gasteiger partial charge in [-0.05, 0) is 42.5 Å². The third-order valence-electron chi connectivity index (χ3n) is 5.90. The molecule has 3 atom stereocenters. The van der Waals surface area contributed by atoms with Crippen LogP contribution in [0.5, 0.6) is 0 Å². The molecule has 2 aliphatic heterocycles. The zero-order valence-corrected chi connectivity index (χ0v) is 15.8. The lowest BCUT2D eigenvalue weighted by Crippen LogP contribution is -2.47. The van der Waals surface area contributed by atoms with E-state index in [0.29, 0.717) is 6.61 Å². The first-order valence-corrected chi connectivity index (χ1v) is 9.99. The van der Waals surface area contributed by atoms with Crippen LogP contribution in [0.25, 0.3) is 0 Å². The van der Waals surface area contributed by atoms with Gasteiger partial charge in [0.15, 0.2) is 6.23 Å². The Morgan fingerprint density at radius 2 is 1.61 bits per heavy atom. The second-order valence-corrected chi connectivity index (χ2v) is 7.66.